The number of piperidine rings is 1. The second-order valence-electron chi connectivity index (χ2n) is 7.61. The zero-order chi connectivity index (χ0) is 15.5. The van der Waals surface area contributed by atoms with Gasteiger partial charge >= 0.3 is 6.09 Å². The molecule has 2 aliphatic rings. The summed E-state index contributed by atoms with van der Waals surface area (Å²) in [6.07, 6.45) is 5.52. The third-order valence-corrected chi connectivity index (χ3v) is 4.35. The topological polar surface area (TPSA) is 67.6 Å². The molecule has 1 amide bonds. The number of hydrogen-bond donors (Lipinski definition) is 2. The van der Waals surface area contributed by atoms with Crippen molar-refractivity contribution in [1.82, 2.24) is 10.2 Å². The summed E-state index contributed by atoms with van der Waals surface area (Å²) in [5, 5.41) is 3.63. The Balaban J connectivity index is 1.74. The van der Waals surface area contributed by atoms with Crippen molar-refractivity contribution in [3.05, 3.63) is 0 Å². The van der Waals surface area contributed by atoms with Crippen LogP contribution in [0.1, 0.15) is 52.9 Å². The Kier molecular flexibility index (Phi) is 5.49. The van der Waals surface area contributed by atoms with Crippen LogP contribution in [0.15, 0.2) is 0 Å². The lowest BCUT2D eigenvalue weighted by Gasteiger charge is -2.35. The van der Waals surface area contributed by atoms with E-state index >= 15 is 0 Å². The van der Waals surface area contributed by atoms with Crippen molar-refractivity contribution < 1.29 is 9.53 Å². The number of nitrogens with zero attached hydrogens (tertiary/aromatic N) is 1. The van der Waals surface area contributed by atoms with Crippen LogP contribution in [0, 0.1) is 5.92 Å². The lowest BCUT2D eigenvalue weighted by molar-refractivity contribution is 0.0186. The highest BCUT2D eigenvalue weighted by Crippen LogP contribution is 2.24. The van der Waals surface area contributed by atoms with E-state index in [1.165, 1.54) is 6.42 Å². The molecule has 1 heterocycles. The first-order valence-corrected chi connectivity index (χ1v) is 8.30. The minimum Gasteiger partial charge on any atom is -0.444 e. The van der Waals surface area contributed by atoms with Crippen molar-refractivity contribution in [1.29, 1.82) is 0 Å². The van der Waals surface area contributed by atoms with Crippen molar-refractivity contribution in [3.63, 3.8) is 0 Å². The third kappa shape index (κ3) is 5.47. The Morgan fingerprint density at radius 3 is 2.71 bits per heavy atom. The average Bonchev–Trinajstić information content (AvgIpc) is 2.81. The molecule has 21 heavy (non-hydrogen) atoms. The summed E-state index contributed by atoms with van der Waals surface area (Å²) in [7, 11) is 0. The molecule has 2 rings (SSSR count). The first-order chi connectivity index (χ1) is 9.83. The first-order valence-electron chi connectivity index (χ1n) is 8.30. The molecule has 122 valence electrons. The van der Waals surface area contributed by atoms with E-state index in [0.717, 1.165) is 45.3 Å². The fourth-order valence-corrected chi connectivity index (χ4v) is 3.27. The predicted molar refractivity (Wildman–Crippen MR) is 84.1 cm³/mol. The van der Waals surface area contributed by atoms with E-state index in [4.69, 9.17) is 10.5 Å². The lowest BCUT2D eigenvalue weighted by Crippen LogP contribution is -2.50. The zero-order valence-corrected chi connectivity index (χ0v) is 13.7. The maximum absolute atomic E-state index is 12.1. The number of likely N-dealkylation sites (tertiary alicyclic amines) is 1. The molecule has 5 heteroatoms. The second kappa shape index (κ2) is 6.97. The van der Waals surface area contributed by atoms with Gasteiger partial charge in [-0.1, -0.05) is 0 Å². The molecule has 1 saturated carbocycles. The molecule has 0 aromatic carbocycles. The van der Waals surface area contributed by atoms with Gasteiger partial charge in [0.2, 0.25) is 0 Å². The minimum absolute atomic E-state index is 0.183. The van der Waals surface area contributed by atoms with Crippen molar-refractivity contribution in [2.75, 3.05) is 19.6 Å². The standard InChI is InChI=1S/C16H31N3O2/c1-16(2,3)21-15(20)19-8-4-5-14(11-19)18-10-12-6-7-13(17)9-12/h12-14,18H,4-11,17H2,1-3H3. The molecule has 1 aliphatic carbocycles. The monoisotopic (exact) mass is 297 g/mol. The summed E-state index contributed by atoms with van der Waals surface area (Å²) < 4.78 is 5.46. The number of rotatable bonds is 3. The van der Waals surface area contributed by atoms with Crippen LogP contribution in [-0.2, 0) is 4.74 Å². The minimum atomic E-state index is -0.419. The van der Waals surface area contributed by atoms with Gasteiger partial charge in [0, 0.05) is 25.2 Å². The van der Waals surface area contributed by atoms with Gasteiger partial charge in [0.1, 0.15) is 5.60 Å². The van der Waals surface area contributed by atoms with Crippen molar-refractivity contribution in [3.8, 4) is 0 Å². The van der Waals surface area contributed by atoms with Crippen molar-refractivity contribution >= 4 is 6.09 Å². The van der Waals surface area contributed by atoms with E-state index in [0.29, 0.717) is 18.0 Å². The number of nitrogens with two attached hydrogens (primary N) is 1. The van der Waals surface area contributed by atoms with Gasteiger partial charge < -0.3 is 20.7 Å². The first kappa shape index (κ1) is 16.6. The fourth-order valence-electron chi connectivity index (χ4n) is 3.27. The maximum Gasteiger partial charge on any atom is 0.410 e. The number of nitrogens with one attached hydrogen (secondary N) is 1. The van der Waals surface area contributed by atoms with Gasteiger partial charge in [-0.25, -0.2) is 4.79 Å². The van der Waals surface area contributed by atoms with Crippen LogP contribution in [0.3, 0.4) is 0 Å². The second-order valence-corrected chi connectivity index (χ2v) is 7.61. The lowest BCUT2D eigenvalue weighted by atomic mass is 10.0. The molecule has 0 spiro atoms. The molecule has 0 aromatic rings. The SMILES string of the molecule is CC(C)(C)OC(=O)N1CCCC(NCC2CCC(N)C2)C1. The quantitative estimate of drug-likeness (QED) is 0.837. The molecule has 1 aliphatic heterocycles. The van der Waals surface area contributed by atoms with Crippen LogP contribution in [0.4, 0.5) is 4.79 Å². The normalized spacial score (nSPS) is 30.5. The molecule has 3 unspecified atom stereocenters. The molecule has 2 fully saturated rings. The number of ether oxygens (including phenoxy) is 1. The Hall–Kier alpha value is -0.810. The molecular formula is C16H31N3O2. The van der Waals surface area contributed by atoms with Crippen LogP contribution in [0.25, 0.3) is 0 Å². The summed E-state index contributed by atoms with van der Waals surface area (Å²) in [5.74, 6) is 0.705. The van der Waals surface area contributed by atoms with Crippen LogP contribution >= 0.6 is 0 Å². The Bertz CT molecular complexity index is 354. The number of amides is 1. The van der Waals surface area contributed by atoms with E-state index in [-0.39, 0.29) is 6.09 Å². The van der Waals surface area contributed by atoms with Crippen LogP contribution in [0.2, 0.25) is 0 Å². The molecule has 0 aromatic heterocycles. The smallest absolute Gasteiger partial charge is 0.410 e. The predicted octanol–water partition coefficient (Wildman–Crippen LogP) is 2.10. The van der Waals surface area contributed by atoms with E-state index in [1.54, 1.807) is 0 Å². The fraction of sp³-hybridized carbons (Fsp3) is 0.938. The van der Waals surface area contributed by atoms with Crippen molar-refractivity contribution in [2.45, 2.75) is 70.6 Å². The van der Waals surface area contributed by atoms with E-state index < -0.39 is 5.60 Å². The van der Waals surface area contributed by atoms with E-state index in [2.05, 4.69) is 5.32 Å². The summed E-state index contributed by atoms with van der Waals surface area (Å²) in [6.45, 7) is 8.32. The number of carbonyl (C=O) groups excluding carboxylic acids is 1. The molecule has 1 saturated heterocycles. The summed E-state index contributed by atoms with van der Waals surface area (Å²) >= 11 is 0. The molecule has 3 N–H and O–H groups in total. The Morgan fingerprint density at radius 2 is 2.10 bits per heavy atom. The van der Waals surface area contributed by atoms with Crippen LogP contribution < -0.4 is 11.1 Å². The largest absolute Gasteiger partial charge is 0.444 e. The van der Waals surface area contributed by atoms with Gasteiger partial charge in [-0.3, -0.25) is 0 Å². The Labute approximate surface area is 128 Å². The van der Waals surface area contributed by atoms with Crippen molar-refractivity contribution in [2.24, 2.45) is 11.7 Å². The number of carbonyl (C=O) groups is 1. The van der Waals surface area contributed by atoms with Crippen LogP contribution in [0.5, 0.6) is 0 Å². The van der Waals surface area contributed by atoms with Gasteiger partial charge in [0.25, 0.3) is 0 Å². The Morgan fingerprint density at radius 1 is 1.33 bits per heavy atom. The molecule has 5 nitrogen and oxygen atoms in total. The number of hydrogen-bond acceptors (Lipinski definition) is 4. The molecular weight excluding hydrogens is 266 g/mol. The third-order valence-electron chi connectivity index (χ3n) is 4.35. The van der Waals surface area contributed by atoms with E-state index in [1.807, 2.05) is 25.7 Å². The van der Waals surface area contributed by atoms with Gasteiger partial charge in [-0.05, 0) is 65.3 Å². The van der Waals surface area contributed by atoms with E-state index in [9.17, 15) is 4.79 Å². The highest BCUT2D eigenvalue weighted by atomic mass is 16.6. The molecule has 0 radical (unpaired) electrons. The van der Waals surface area contributed by atoms with Gasteiger partial charge in [0.15, 0.2) is 0 Å². The zero-order valence-electron chi connectivity index (χ0n) is 13.7. The van der Waals surface area contributed by atoms with Crippen LogP contribution in [-0.4, -0.2) is 48.3 Å². The average molecular weight is 297 g/mol. The summed E-state index contributed by atoms with van der Waals surface area (Å²) in [4.78, 5) is 14.0. The maximum atomic E-state index is 12.1. The highest BCUT2D eigenvalue weighted by Gasteiger charge is 2.28. The van der Waals surface area contributed by atoms with Gasteiger partial charge in [-0.2, -0.15) is 0 Å². The highest BCUT2D eigenvalue weighted by molar-refractivity contribution is 5.68. The molecule has 3 atom stereocenters. The van der Waals surface area contributed by atoms with Gasteiger partial charge in [0.05, 0.1) is 0 Å². The summed E-state index contributed by atoms with van der Waals surface area (Å²) in [5.41, 5.74) is 5.54. The molecule has 0 bridgehead atoms. The van der Waals surface area contributed by atoms with Gasteiger partial charge in [-0.15, -0.1) is 0 Å². The summed E-state index contributed by atoms with van der Waals surface area (Å²) in [6, 6.07) is 0.782.